The van der Waals surface area contributed by atoms with Gasteiger partial charge in [-0.05, 0) is 111 Å². The normalized spacial score (nSPS) is 25.7. The lowest BCUT2D eigenvalue weighted by Crippen LogP contribution is -2.42. The van der Waals surface area contributed by atoms with E-state index in [0.29, 0.717) is 53.5 Å². The van der Waals surface area contributed by atoms with Gasteiger partial charge in [0, 0.05) is 10.7 Å². The predicted molar refractivity (Wildman–Crippen MR) is 168 cm³/mol. The zero-order valence-electron chi connectivity index (χ0n) is 24.9. The minimum atomic E-state index is -3.09. The number of methoxy groups -OCH3 is 1. The molecule has 4 unspecified atom stereocenters. The fraction of sp³-hybridized carbons (Fsp3) is 0.441. The first-order valence-corrected chi connectivity index (χ1v) is 16.9. The van der Waals surface area contributed by atoms with Gasteiger partial charge in [-0.2, -0.15) is 0 Å². The maximum absolute atomic E-state index is 13.9. The molecule has 7 nitrogen and oxygen atoms in total. The number of aliphatic hydroxyl groups is 1. The van der Waals surface area contributed by atoms with E-state index in [0.717, 1.165) is 16.7 Å². The average molecular weight is 624 g/mol. The number of amides is 1. The van der Waals surface area contributed by atoms with Crippen LogP contribution in [0.4, 0.5) is 5.69 Å². The number of nitrogens with zero attached hydrogens (tertiary/aromatic N) is 1. The number of ether oxygens (including phenoxy) is 2. The van der Waals surface area contributed by atoms with E-state index in [2.05, 4.69) is 0 Å². The van der Waals surface area contributed by atoms with Gasteiger partial charge in [-0.3, -0.25) is 4.79 Å². The van der Waals surface area contributed by atoms with Crippen molar-refractivity contribution in [2.45, 2.75) is 81.1 Å². The van der Waals surface area contributed by atoms with Gasteiger partial charge in [-0.1, -0.05) is 35.9 Å². The van der Waals surface area contributed by atoms with Gasteiger partial charge < -0.3 is 19.5 Å². The number of rotatable bonds is 7. The molecule has 3 aromatic rings. The third kappa shape index (κ3) is 5.32. The van der Waals surface area contributed by atoms with Crippen molar-refractivity contribution in [1.82, 2.24) is 0 Å². The van der Waals surface area contributed by atoms with Crippen LogP contribution in [0.15, 0.2) is 60.7 Å². The molecule has 2 bridgehead atoms. The third-order valence-electron chi connectivity index (χ3n) is 9.50. The van der Waals surface area contributed by atoms with Gasteiger partial charge in [0.15, 0.2) is 21.3 Å². The summed E-state index contributed by atoms with van der Waals surface area (Å²) in [5.74, 6) is 0.970. The Kier molecular flexibility index (Phi) is 7.76. The lowest BCUT2D eigenvalue weighted by atomic mass is 9.78. The van der Waals surface area contributed by atoms with Crippen LogP contribution in [0.25, 0.3) is 0 Å². The van der Waals surface area contributed by atoms with Gasteiger partial charge in [0.05, 0.1) is 41.8 Å². The van der Waals surface area contributed by atoms with Crippen LogP contribution in [0.3, 0.4) is 0 Å². The summed E-state index contributed by atoms with van der Waals surface area (Å²) < 4.78 is 37.0. The van der Waals surface area contributed by atoms with Crippen molar-refractivity contribution in [2.75, 3.05) is 12.0 Å². The van der Waals surface area contributed by atoms with Crippen LogP contribution in [0, 0.1) is 5.92 Å². The number of carbonyl (C=O) groups excluding carboxylic acids is 1. The van der Waals surface area contributed by atoms with Crippen LogP contribution in [-0.4, -0.2) is 43.1 Å². The van der Waals surface area contributed by atoms with Crippen LogP contribution in [0.2, 0.25) is 5.02 Å². The van der Waals surface area contributed by atoms with E-state index in [1.54, 1.807) is 18.9 Å². The Bertz CT molecular complexity index is 1610. The molecule has 1 N–H and O–H groups in total. The first kappa shape index (κ1) is 30.0. The number of hydrogen-bond acceptors (Lipinski definition) is 6. The van der Waals surface area contributed by atoms with E-state index in [4.69, 9.17) is 21.1 Å². The second-order valence-electron chi connectivity index (χ2n) is 12.5. The summed E-state index contributed by atoms with van der Waals surface area (Å²) in [6, 6.07) is 18.4. The molecule has 3 aliphatic heterocycles. The summed E-state index contributed by atoms with van der Waals surface area (Å²) in [7, 11) is -1.49. The standard InChI is InChI=1S/C34H38ClNO6S/c1-20(2)42-31-19-29-22(15-30(31)41-4)16-32(37)36(33(29)21-5-9-25(35)10-6-21)26-11-7-23(8-12-26)34(3,38)24-17-27-13-14-28(18-24)43(27,39)40/h5-12,15,19-20,24,27-28,33,38H,13-14,16-18H2,1-4H3/t24?,27-,28?,33?,34?/m0/s1. The zero-order valence-corrected chi connectivity index (χ0v) is 26.5. The molecule has 2 saturated heterocycles. The molecule has 0 radical (unpaired) electrons. The zero-order chi connectivity index (χ0) is 30.7. The molecule has 1 amide bonds. The number of anilines is 1. The predicted octanol–water partition coefficient (Wildman–Crippen LogP) is 6.38. The third-order valence-corrected chi connectivity index (χ3v) is 12.5. The Morgan fingerprint density at radius 2 is 1.60 bits per heavy atom. The molecule has 0 aliphatic carbocycles. The number of halogens is 1. The van der Waals surface area contributed by atoms with Gasteiger partial charge in [-0.15, -0.1) is 0 Å². The molecule has 43 heavy (non-hydrogen) atoms. The Labute approximate surface area is 258 Å². The fourth-order valence-electron chi connectivity index (χ4n) is 7.19. The molecule has 9 heteroatoms. The van der Waals surface area contributed by atoms with Crippen LogP contribution < -0.4 is 14.4 Å². The Balaban J connectivity index is 1.38. The van der Waals surface area contributed by atoms with E-state index >= 15 is 0 Å². The van der Waals surface area contributed by atoms with Crippen LogP contribution >= 0.6 is 11.6 Å². The first-order valence-electron chi connectivity index (χ1n) is 14.9. The van der Waals surface area contributed by atoms with Crippen molar-refractivity contribution in [3.05, 3.63) is 87.9 Å². The van der Waals surface area contributed by atoms with E-state index in [9.17, 15) is 18.3 Å². The van der Waals surface area contributed by atoms with Gasteiger partial charge in [0.2, 0.25) is 5.91 Å². The minimum Gasteiger partial charge on any atom is -0.493 e. The molecule has 0 spiro atoms. The fourth-order valence-corrected chi connectivity index (χ4v) is 9.79. The summed E-state index contributed by atoms with van der Waals surface area (Å²) in [4.78, 5) is 15.7. The minimum absolute atomic E-state index is 0.0675. The number of carbonyl (C=O) groups is 1. The van der Waals surface area contributed by atoms with Crippen molar-refractivity contribution < 1.29 is 27.8 Å². The highest BCUT2D eigenvalue weighted by Gasteiger charge is 2.51. The smallest absolute Gasteiger partial charge is 0.232 e. The van der Waals surface area contributed by atoms with Gasteiger partial charge in [-0.25, -0.2) is 8.42 Å². The lowest BCUT2D eigenvalue weighted by Gasteiger charge is -2.40. The molecule has 5 atom stereocenters. The summed E-state index contributed by atoms with van der Waals surface area (Å²) >= 11 is 6.24. The molecular weight excluding hydrogens is 586 g/mol. The summed E-state index contributed by atoms with van der Waals surface area (Å²) in [6.07, 6.45) is 2.42. The van der Waals surface area contributed by atoms with Gasteiger partial charge in [0.25, 0.3) is 0 Å². The summed E-state index contributed by atoms with van der Waals surface area (Å²) in [6.45, 7) is 5.70. The monoisotopic (exact) mass is 623 g/mol. The maximum Gasteiger partial charge on any atom is 0.232 e. The highest BCUT2D eigenvalue weighted by molar-refractivity contribution is 7.93. The molecule has 0 saturated carbocycles. The molecule has 3 aromatic carbocycles. The molecule has 228 valence electrons. The SMILES string of the molecule is COc1cc2c(cc1OC(C)C)C(c1ccc(Cl)cc1)N(c1ccc(C(C)(O)C3CC4CC[C@@H](C3)S4(=O)=O)cc1)C(=O)C2. The van der Waals surface area contributed by atoms with Gasteiger partial charge in [0.1, 0.15) is 0 Å². The second kappa shape index (κ2) is 11.1. The van der Waals surface area contributed by atoms with E-state index in [1.165, 1.54) is 0 Å². The largest absolute Gasteiger partial charge is 0.493 e. The van der Waals surface area contributed by atoms with Crippen LogP contribution in [-0.2, 0) is 26.7 Å². The van der Waals surface area contributed by atoms with Crippen molar-refractivity contribution in [3.8, 4) is 11.5 Å². The van der Waals surface area contributed by atoms with E-state index in [1.807, 2.05) is 74.5 Å². The van der Waals surface area contributed by atoms with Crippen molar-refractivity contribution >= 4 is 33.0 Å². The van der Waals surface area contributed by atoms with Crippen molar-refractivity contribution in [2.24, 2.45) is 5.92 Å². The van der Waals surface area contributed by atoms with Gasteiger partial charge >= 0.3 is 0 Å². The van der Waals surface area contributed by atoms with E-state index < -0.39 is 21.5 Å². The molecule has 0 aromatic heterocycles. The number of hydrogen-bond donors (Lipinski definition) is 1. The summed E-state index contributed by atoms with van der Waals surface area (Å²) in [5.41, 5.74) is 2.93. The molecule has 2 fully saturated rings. The topological polar surface area (TPSA) is 93.1 Å². The Hall–Kier alpha value is -3.07. The Morgan fingerprint density at radius 3 is 2.19 bits per heavy atom. The van der Waals surface area contributed by atoms with Crippen LogP contribution in [0.1, 0.15) is 74.8 Å². The Morgan fingerprint density at radius 1 is 0.977 bits per heavy atom. The molecular formula is C34H38ClNO6S. The molecule has 3 aliphatic rings. The number of sulfone groups is 1. The van der Waals surface area contributed by atoms with Crippen molar-refractivity contribution in [3.63, 3.8) is 0 Å². The molecule has 3 heterocycles. The maximum atomic E-state index is 13.9. The van der Waals surface area contributed by atoms with E-state index in [-0.39, 0.29) is 34.8 Å². The van der Waals surface area contributed by atoms with Crippen LogP contribution in [0.5, 0.6) is 11.5 Å². The number of benzene rings is 3. The highest BCUT2D eigenvalue weighted by Crippen LogP contribution is 2.48. The molecule has 6 rings (SSSR count). The van der Waals surface area contributed by atoms with Crippen molar-refractivity contribution in [1.29, 1.82) is 0 Å². The lowest BCUT2D eigenvalue weighted by molar-refractivity contribution is -0.118. The number of fused-ring (bicyclic) bond motifs is 3. The highest BCUT2D eigenvalue weighted by atomic mass is 35.5. The average Bonchev–Trinajstić information content (AvgIpc) is 3.12. The summed E-state index contributed by atoms with van der Waals surface area (Å²) in [5, 5.41) is 11.6. The second-order valence-corrected chi connectivity index (χ2v) is 15.5. The quantitative estimate of drug-likeness (QED) is 0.328. The first-order chi connectivity index (χ1) is 20.4.